The van der Waals surface area contributed by atoms with Gasteiger partial charge in [-0.05, 0) is 12.1 Å². The third-order valence-corrected chi connectivity index (χ3v) is 2.51. The zero-order valence-corrected chi connectivity index (χ0v) is 8.93. The van der Waals surface area contributed by atoms with Crippen molar-refractivity contribution in [2.45, 2.75) is 4.90 Å². The van der Waals surface area contributed by atoms with E-state index in [0.29, 0.717) is 22.6 Å². The Morgan fingerprint density at radius 1 is 1.43 bits per heavy atom. The molecule has 14 heavy (non-hydrogen) atoms. The summed E-state index contributed by atoms with van der Waals surface area (Å²) in [5, 5.41) is 8.23. The summed E-state index contributed by atoms with van der Waals surface area (Å²) in [5.74, 6) is 0. The molecule has 1 aromatic rings. The molecule has 5 nitrogen and oxygen atoms in total. The Morgan fingerprint density at radius 3 is 2.64 bits per heavy atom. The first-order valence-electron chi connectivity index (χ1n) is 3.58. The molecule has 0 aromatic heterocycles. The van der Waals surface area contributed by atoms with Crippen LogP contribution in [0, 0.1) is 0 Å². The number of anilines is 1. The first kappa shape index (κ1) is 11.3. The molecule has 0 fully saturated rings. The van der Waals surface area contributed by atoms with Crippen molar-refractivity contribution in [1.29, 1.82) is 0 Å². The molecule has 0 spiro atoms. The number of nitrogens with one attached hydrogen (secondary N) is 1. The lowest BCUT2D eigenvalue weighted by Crippen LogP contribution is -2.10. The molecule has 2 N–H and O–H groups in total. The molecule has 0 saturated carbocycles. The van der Waals surface area contributed by atoms with Crippen molar-refractivity contribution in [3.63, 3.8) is 0 Å². The minimum absolute atomic E-state index is 0.369. The smallest absolute Gasteiger partial charge is 0.229 e. The van der Waals surface area contributed by atoms with Crippen molar-refractivity contribution in [2.24, 2.45) is 0 Å². The van der Waals surface area contributed by atoms with E-state index in [9.17, 15) is 8.42 Å². The summed E-state index contributed by atoms with van der Waals surface area (Å²) in [6.45, 7) is 0. The van der Waals surface area contributed by atoms with Gasteiger partial charge in [0, 0.05) is 0 Å². The molecule has 0 atom stereocenters. The number of sulfonamides is 1. The summed E-state index contributed by atoms with van der Waals surface area (Å²) >= 11 is 0.671. The molecule has 0 aliphatic carbocycles. The number of rotatable bonds is 4. The lowest BCUT2D eigenvalue weighted by atomic mass is 10.3. The molecule has 0 bridgehead atoms. The van der Waals surface area contributed by atoms with E-state index in [1.807, 2.05) is 0 Å². The first-order chi connectivity index (χ1) is 6.53. The van der Waals surface area contributed by atoms with E-state index in [2.05, 4.69) is 9.06 Å². The van der Waals surface area contributed by atoms with Gasteiger partial charge >= 0.3 is 0 Å². The largest absolute Gasteiger partial charge is 0.283 e. The Morgan fingerprint density at radius 2 is 2.07 bits per heavy atom. The maximum atomic E-state index is 10.9. The molecular weight excluding hydrogens is 226 g/mol. The average Bonchev–Trinajstić information content (AvgIpc) is 2.06. The van der Waals surface area contributed by atoms with Crippen LogP contribution in [-0.4, -0.2) is 19.9 Å². The monoisotopic (exact) mass is 235 g/mol. The van der Waals surface area contributed by atoms with E-state index < -0.39 is 10.0 Å². The van der Waals surface area contributed by atoms with E-state index in [1.54, 1.807) is 24.3 Å². The maximum Gasteiger partial charge on any atom is 0.229 e. The molecule has 0 amide bonds. The normalized spacial score (nSPS) is 11.3. The Bertz CT molecular complexity index is 404. The third-order valence-electron chi connectivity index (χ3n) is 1.31. The lowest BCUT2D eigenvalue weighted by molar-refractivity contribution is -0.116. The number of benzene rings is 1. The summed E-state index contributed by atoms with van der Waals surface area (Å²) in [5.41, 5.74) is 0.369. The molecule has 0 unspecified atom stereocenters. The quantitative estimate of drug-likeness (QED) is 0.470. The first-order valence-corrected chi connectivity index (χ1v) is 6.21. The van der Waals surface area contributed by atoms with Gasteiger partial charge in [-0.25, -0.2) is 13.7 Å². The Labute approximate surface area is 86.3 Å². The van der Waals surface area contributed by atoms with Gasteiger partial charge in [0.15, 0.2) is 0 Å². The second kappa shape index (κ2) is 4.65. The van der Waals surface area contributed by atoms with Crippen molar-refractivity contribution < 1.29 is 18.0 Å². The van der Waals surface area contributed by atoms with E-state index >= 15 is 0 Å². The minimum Gasteiger partial charge on any atom is -0.283 e. The van der Waals surface area contributed by atoms with Gasteiger partial charge in [-0.1, -0.05) is 12.1 Å². The zero-order valence-electron chi connectivity index (χ0n) is 7.30. The molecule has 7 heteroatoms. The van der Waals surface area contributed by atoms with Gasteiger partial charge in [0.05, 0.1) is 28.9 Å². The number of hydrogen-bond acceptors (Lipinski definition) is 5. The van der Waals surface area contributed by atoms with Gasteiger partial charge in [-0.15, -0.1) is 0 Å². The van der Waals surface area contributed by atoms with Gasteiger partial charge in [0.2, 0.25) is 10.0 Å². The Hall–Kier alpha value is -0.760. The molecular formula is C7H9NO4S2. The van der Waals surface area contributed by atoms with Crippen LogP contribution in [0.3, 0.4) is 0 Å². The van der Waals surface area contributed by atoms with Gasteiger partial charge in [-0.3, -0.25) is 4.72 Å². The summed E-state index contributed by atoms with van der Waals surface area (Å²) in [7, 11) is -3.32. The van der Waals surface area contributed by atoms with E-state index in [4.69, 9.17) is 5.26 Å². The summed E-state index contributed by atoms with van der Waals surface area (Å²) in [6, 6.07) is 6.57. The van der Waals surface area contributed by atoms with Crippen molar-refractivity contribution in [3.05, 3.63) is 24.3 Å². The predicted octanol–water partition coefficient (Wildman–Crippen LogP) is 1.55. The highest BCUT2D eigenvalue weighted by atomic mass is 32.2. The summed E-state index contributed by atoms with van der Waals surface area (Å²) in [4.78, 5) is 0.487. The number of para-hydroxylation sites is 1. The van der Waals surface area contributed by atoms with Crippen LogP contribution < -0.4 is 4.72 Å². The van der Waals surface area contributed by atoms with Gasteiger partial charge in [0.1, 0.15) is 0 Å². The number of hydrogen-bond donors (Lipinski definition) is 2. The van der Waals surface area contributed by atoms with E-state index in [1.165, 1.54) is 0 Å². The standard InChI is InChI=1S/C7H9NO4S2/c1-14(10,11)8-6-4-2-3-5-7(6)13-12-9/h2-5,8-9H,1H3. The van der Waals surface area contributed by atoms with Crippen LogP contribution in [0.2, 0.25) is 0 Å². The molecule has 0 aliphatic heterocycles. The van der Waals surface area contributed by atoms with Crippen LogP contribution in [0.15, 0.2) is 29.2 Å². The fraction of sp³-hybridized carbons (Fsp3) is 0.143. The van der Waals surface area contributed by atoms with Crippen LogP contribution in [-0.2, 0) is 14.4 Å². The SMILES string of the molecule is CS(=O)(=O)Nc1ccccc1SOO. The molecule has 0 aliphatic rings. The highest BCUT2D eigenvalue weighted by Gasteiger charge is 2.07. The van der Waals surface area contributed by atoms with Crippen LogP contribution in [0.5, 0.6) is 0 Å². The fourth-order valence-electron chi connectivity index (χ4n) is 0.864. The Balaban J connectivity index is 2.95. The second-order valence-corrected chi connectivity index (χ2v) is 5.03. The van der Waals surface area contributed by atoms with Crippen LogP contribution in [0.1, 0.15) is 0 Å². The molecule has 0 radical (unpaired) electrons. The molecule has 1 aromatic carbocycles. The van der Waals surface area contributed by atoms with Crippen molar-refractivity contribution in [3.8, 4) is 0 Å². The summed E-state index contributed by atoms with van der Waals surface area (Å²) < 4.78 is 28.0. The van der Waals surface area contributed by atoms with Gasteiger partial charge < -0.3 is 0 Å². The second-order valence-electron chi connectivity index (χ2n) is 2.53. The summed E-state index contributed by atoms with van der Waals surface area (Å²) in [6.07, 6.45) is 1.05. The molecule has 1 rings (SSSR count). The van der Waals surface area contributed by atoms with Crippen LogP contribution >= 0.6 is 12.0 Å². The molecule has 0 saturated heterocycles. The highest BCUT2D eigenvalue weighted by Crippen LogP contribution is 2.27. The fourth-order valence-corrected chi connectivity index (χ4v) is 1.93. The zero-order chi connectivity index (χ0) is 10.6. The highest BCUT2D eigenvalue weighted by molar-refractivity contribution is 7.95. The van der Waals surface area contributed by atoms with Gasteiger partial charge in [-0.2, -0.15) is 4.33 Å². The third kappa shape index (κ3) is 3.54. The minimum atomic E-state index is -3.32. The van der Waals surface area contributed by atoms with Gasteiger partial charge in [0.25, 0.3) is 0 Å². The topological polar surface area (TPSA) is 75.6 Å². The lowest BCUT2D eigenvalue weighted by Gasteiger charge is -2.07. The van der Waals surface area contributed by atoms with E-state index in [-0.39, 0.29) is 0 Å². The predicted molar refractivity (Wildman–Crippen MR) is 54.5 cm³/mol. The van der Waals surface area contributed by atoms with Crippen molar-refractivity contribution in [2.75, 3.05) is 11.0 Å². The van der Waals surface area contributed by atoms with E-state index in [0.717, 1.165) is 6.26 Å². The maximum absolute atomic E-state index is 10.9. The van der Waals surface area contributed by atoms with Crippen molar-refractivity contribution >= 4 is 27.8 Å². The Kier molecular flexibility index (Phi) is 3.76. The van der Waals surface area contributed by atoms with Crippen LogP contribution in [0.4, 0.5) is 5.69 Å². The molecule has 78 valence electrons. The molecule has 0 heterocycles. The van der Waals surface area contributed by atoms with Crippen molar-refractivity contribution in [1.82, 2.24) is 0 Å². The van der Waals surface area contributed by atoms with Crippen LogP contribution in [0.25, 0.3) is 0 Å². The average molecular weight is 235 g/mol.